The summed E-state index contributed by atoms with van der Waals surface area (Å²) in [5.74, 6) is 0. The zero-order valence-electron chi connectivity index (χ0n) is 21.0. The molecule has 3 aromatic carbocycles. The molecule has 1 saturated carbocycles. The number of hydrogen-bond donors (Lipinski definition) is 0. The molecule has 6 rings (SSSR count). The molecule has 184 valence electrons. The highest BCUT2D eigenvalue weighted by atomic mass is 15.7. The van der Waals surface area contributed by atoms with Crippen LogP contribution >= 0.6 is 0 Å². The van der Waals surface area contributed by atoms with Crippen molar-refractivity contribution in [1.29, 1.82) is 0 Å². The zero-order valence-corrected chi connectivity index (χ0v) is 21.0. The van der Waals surface area contributed by atoms with Crippen LogP contribution in [-0.4, -0.2) is 31.3 Å². The first-order chi connectivity index (χ1) is 17.8. The topological polar surface area (TPSA) is 24.3 Å². The predicted molar refractivity (Wildman–Crippen MR) is 145 cm³/mol. The van der Waals surface area contributed by atoms with Gasteiger partial charge >= 0.3 is 0 Å². The van der Waals surface area contributed by atoms with Gasteiger partial charge in [0.15, 0.2) is 6.29 Å². The third kappa shape index (κ3) is 4.52. The first kappa shape index (κ1) is 23.2. The van der Waals surface area contributed by atoms with Crippen LogP contribution in [0.25, 0.3) is 0 Å². The Balaban J connectivity index is 1.48. The van der Waals surface area contributed by atoms with E-state index in [0.717, 1.165) is 19.4 Å². The molecular weight excluding hydrogens is 440 g/mol. The summed E-state index contributed by atoms with van der Waals surface area (Å²) in [7, 11) is 0. The van der Waals surface area contributed by atoms with Gasteiger partial charge in [-0.05, 0) is 35.6 Å². The van der Waals surface area contributed by atoms with Crippen molar-refractivity contribution < 1.29 is 0 Å². The molecule has 0 spiro atoms. The van der Waals surface area contributed by atoms with Gasteiger partial charge in [0.25, 0.3) is 0 Å². The van der Waals surface area contributed by atoms with Gasteiger partial charge in [-0.2, -0.15) is 5.10 Å². The summed E-state index contributed by atoms with van der Waals surface area (Å²) in [5.41, 5.74) is 4.01. The Kier molecular flexibility index (Phi) is 6.71. The Morgan fingerprint density at radius 3 is 1.75 bits per heavy atom. The molecule has 1 atom stereocenters. The van der Waals surface area contributed by atoms with Gasteiger partial charge < -0.3 is 0 Å². The van der Waals surface area contributed by atoms with E-state index in [1.165, 1.54) is 48.8 Å². The maximum Gasteiger partial charge on any atom is 0.163 e. The quantitative estimate of drug-likeness (QED) is 0.284. The average Bonchev–Trinajstić information content (AvgIpc) is 3.46. The van der Waals surface area contributed by atoms with Crippen LogP contribution in [0.4, 0.5) is 0 Å². The third-order valence-electron chi connectivity index (χ3n) is 8.13. The molecule has 36 heavy (non-hydrogen) atoms. The number of rotatable bonds is 8. The summed E-state index contributed by atoms with van der Waals surface area (Å²) in [6, 6.07) is 35.8. The molecule has 1 saturated heterocycles. The zero-order chi connectivity index (χ0) is 24.2. The lowest BCUT2D eigenvalue weighted by Crippen LogP contribution is -2.80. The fourth-order valence-corrected chi connectivity index (χ4v) is 6.55. The van der Waals surface area contributed by atoms with Crippen LogP contribution in [0, 0.1) is 0 Å². The van der Waals surface area contributed by atoms with E-state index >= 15 is 0 Å². The van der Waals surface area contributed by atoms with Crippen molar-refractivity contribution in [2.24, 2.45) is 0 Å². The lowest BCUT2D eigenvalue weighted by atomic mass is 9.80. The summed E-state index contributed by atoms with van der Waals surface area (Å²) < 4.78 is 2.19. The fourth-order valence-electron chi connectivity index (χ4n) is 6.55. The highest BCUT2D eigenvalue weighted by molar-refractivity contribution is 5.27. The molecule has 4 heteroatoms. The molecule has 1 aliphatic carbocycles. The van der Waals surface area contributed by atoms with E-state index in [-0.39, 0.29) is 12.0 Å². The highest BCUT2D eigenvalue weighted by Gasteiger charge is 2.61. The van der Waals surface area contributed by atoms with Crippen LogP contribution in [0.5, 0.6) is 0 Å². The Hall–Kier alpha value is -3.21. The number of hydrogen-bond acceptors (Lipinski definition) is 3. The summed E-state index contributed by atoms with van der Waals surface area (Å²) >= 11 is 0. The number of nitrogens with zero attached hydrogens (tertiary/aromatic N) is 4. The van der Waals surface area contributed by atoms with Crippen molar-refractivity contribution in [3.63, 3.8) is 0 Å². The number of benzene rings is 3. The maximum absolute atomic E-state index is 4.79. The SMILES string of the molecule is c1ccc(CN2C(n3cccn3)N(C3CCCCC3)C2(Cc2ccccc2)Cc2ccccc2)cc1. The minimum atomic E-state index is -0.128. The smallest absolute Gasteiger partial charge is 0.163 e. The minimum absolute atomic E-state index is 0.121. The van der Waals surface area contributed by atoms with Gasteiger partial charge in [0.1, 0.15) is 0 Å². The first-order valence-corrected chi connectivity index (χ1v) is 13.5. The van der Waals surface area contributed by atoms with Crippen molar-refractivity contribution in [3.05, 3.63) is 126 Å². The van der Waals surface area contributed by atoms with Crippen LogP contribution in [0.15, 0.2) is 109 Å². The summed E-state index contributed by atoms with van der Waals surface area (Å²) in [4.78, 5) is 5.58. The van der Waals surface area contributed by atoms with Gasteiger partial charge in [-0.25, -0.2) is 14.5 Å². The molecule has 2 fully saturated rings. The van der Waals surface area contributed by atoms with Crippen LogP contribution in [0.3, 0.4) is 0 Å². The lowest BCUT2D eigenvalue weighted by molar-refractivity contribution is -0.310. The summed E-state index contributed by atoms with van der Waals surface area (Å²) in [5, 5.41) is 4.79. The van der Waals surface area contributed by atoms with E-state index in [1.54, 1.807) is 0 Å². The first-order valence-electron chi connectivity index (χ1n) is 13.5. The largest absolute Gasteiger partial charge is 0.247 e. The van der Waals surface area contributed by atoms with E-state index in [2.05, 4.69) is 118 Å². The standard InChI is InChI=1S/C32H36N4/c1-5-14-27(15-6-1)24-32(25-28-16-7-2-8-17-28)34(26-29-18-9-3-10-19-29)31(35-23-13-22-33-35)36(32)30-20-11-4-12-21-30/h1-3,5-10,13-19,22-23,30-31H,4,11-12,20-21,24-26H2. The third-order valence-corrected chi connectivity index (χ3v) is 8.13. The van der Waals surface area contributed by atoms with E-state index in [1.807, 2.05) is 6.20 Å². The Labute approximate surface area is 215 Å². The Bertz CT molecular complexity index is 1160. The van der Waals surface area contributed by atoms with E-state index in [9.17, 15) is 0 Å². The monoisotopic (exact) mass is 476 g/mol. The van der Waals surface area contributed by atoms with E-state index in [0.29, 0.717) is 6.04 Å². The van der Waals surface area contributed by atoms with Gasteiger partial charge in [-0.3, -0.25) is 0 Å². The molecule has 4 nitrogen and oxygen atoms in total. The van der Waals surface area contributed by atoms with Crippen LogP contribution in [-0.2, 0) is 19.4 Å². The van der Waals surface area contributed by atoms with Gasteiger partial charge in [-0.1, -0.05) is 110 Å². The molecule has 2 heterocycles. The van der Waals surface area contributed by atoms with Crippen molar-refractivity contribution >= 4 is 0 Å². The lowest BCUT2D eigenvalue weighted by Gasteiger charge is -2.69. The molecule has 0 bridgehead atoms. The molecule has 0 radical (unpaired) electrons. The molecule has 0 amide bonds. The molecule has 1 unspecified atom stereocenters. The second-order valence-electron chi connectivity index (χ2n) is 10.5. The normalized spacial score (nSPS) is 20.7. The predicted octanol–water partition coefficient (Wildman–Crippen LogP) is 6.67. The van der Waals surface area contributed by atoms with Crippen molar-refractivity contribution in [1.82, 2.24) is 19.6 Å². The summed E-state index contributed by atoms with van der Waals surface area (Å²) in [6.07, 6.45) is 12.7. The molecule has 1 aromatic heterocycles. The average molecular weight is 477 g/mol. The van der Waals surface area contributed by atoms with E-state index in [4.69, 9.17) is 5.10 Å². The Morgan fingerprint density at radius 1 is 0.667 bits per heavy atom. The van der Waals surface area contributed by atoms with Gasteiger partial charge in [0.2, 0.25) is 0 Å². The number of aromatic nitrogens is 2. The van der Waals surface area contributed by atoms with Crippen LogP contribution in [0.1, 0.15) is 55.1 Å². The summed E-state index contributed by atoms with van der Waals surface area (Å²) in [6.45, 7) is 0.897. The van der Waals surface area contributed by atoms with Crippen molar-refractivity contribution in [3.8, 4) is 0 Å². The minimum Gasteiger partial charge on any atom is -0.247 e. The van der Waals surface area contributed by atoms with Gasteiger partial charge in [-0.15, -0.1) is 0 Å². The van der Waals surface area contributed by atoms with Gasteiger partial charge in [0, 0.05) is 37.8 Å². The maximum atomic E-state index is 4.79. The van der Waals surface area contributed by atoms with E-state index < -0.39 is 0 Å². The van der Waals surface area contributed by atoms with Crippen LogP contribution < -0.4 is 0 Å². The fraction of sp³-hybridized carbons (Fsp3) is 0.344. The van der Waals surface area contributed by atoms with Crippen molar-refractivity contribution in [2.75, 3.05) is 0 Å². The second kappa shape index (κ2) is 10.4. The van der Waals surface area contributed by atoms with Gasteiger partial charge in [0.05, 0.1) is 5.66 Å². The second-order valence-corrected chi connectivity index (χ2v) is 10.5. The molecule has 1 aliphatic heterocycles. The molecule has 0 N–H and O–H groups in total. The molecule has 2 aliphatic rings. The van der Waals surface area contributed by atoms with Crippen LogP contribution in [0.2, 0.25) is 0 Å². The van der Waals surface area contributed by atoms with Crippen molar-refractivity contribution in [2.45, 2.75) is 69.5 Å². The molecular formula is C32H36N4. The molecule has 4 aromatic rings. The highest BCUT2D eigenvalue weighted by Crippen LogP contribution is 2.51. The Morgan fingerprint density at radius 2 is 1.22 bits per heavy atom.